The maximum absolute atomic E-state index is 6.38. The lowest BCUT2D eigenvalue weighted by Gasteiger charge is -2.37. The van der Waals surface area contributed by atoms with Crippen LogP contribution >= 0.6 is 0 Å². The molecule has 0 bridgehead atoms. The Labute approximate surface area is 180 Å². The molecule has 0 atom stereocenters. The molecule has 4 nitrogen and oxygen atoms in total. The molecule has 4 heteroatoms. The van der Waals surface area contributed by atoms with E-state index >= 15 is 0 Å². The van der Waals surface area contributed by atoms with Crippen LogP contribution in [0.3, 0.4) is 0 Å². The van der Waals surface area contributed by atoms with Gasteiger partial charge in [0.2, 0.25) is 0 Å². The van der Waals surface area contributed by atoms with Gasteiger partial charge in [0, 0.05) is 18.0 Å². The zero-order chi connectivity index (χ0) is 20.8. The van der Waals surface area contributed by atoms with Crippen molar-refractivity contribution in [2.24, 2.45) is 11.7 Å². The molecule has 1 heterocycles. The minimum atomic E-state index is -0.186. The number of aromatic nitrogens is 1. The van der Waals surface area contributed by atoms with Gasteiger partial charge in [-0.15, -0.1) is 0 Å². The van der Waals surface area contributed by atoms with Crippen molar-refractivity contribution in [1.82, 2.24) is 4.98 Å². The Kier molecular flexibility index (Phi) is 6.59. The minimum Gasteiger partial charge on any atom is -0.493 e. The van der Waals surface area contributed by atoms with Gasteiger partial charge in [0.15, 0.2) is 11.5 Å². The summed E-state index contributed by atoms with van der Waals surface area (Å²) >= 11 is 0. The van der Waals surface area contributed by atoms with E-state index in [1.54, 1.807) is 19.5 Å². The van der Waals surface area contributed by atoms with Gasteiger partial charge in [0.05, 0.1) is 18.6 Å². The molecule has 2 N–H and O–H groups in total. The summed E-state index contributed by atoms with van der Waals surface area (Å²) in [5, 5.41) is 0. The molecule has 1 aromatic heterocycles. The van der Waals surface area contributed by atoms with Crippen LogP contribution in [0.25, 0.3) is 0 Å². The van der Waals surface area contributed by atoms with E-state index in [2.05, 4.69) is 29.0 Å². The van der Waals surface area contributed by atoms with Gasteiger partial charge in [-0.1, -0.05) is 17.9 Å². The molecule has 0 spiro atoms. The third-order valence-electron chi connectivity index (χ3n) is 6.73. The lowest BCUT2D eigenvalue weighted by molar-refractivity contribution is 0.200. The van der Waals surface area contributed by atoms with E-state index in [0.717, 1.165) is 62.1 Å². The van der Waals surface area contributed by atoms with Crippen LogP contribution in [-0.2, 0) is 5.41 Å². The second-order valence-corrected chi connectivity index (χ2v) is 8.64. The van der Waals surface area contributed by atoms with E-state index in [1.807, 2.05) is 18.2 Å². The molecule has 2 aliphatic carbocycles. The normalized spacial score (nSPS) is 24.1. The Bertz CT molecular complexity index is 886. The molecule has 0 unspecified atom stereocenters. The molecule has 158 valence electrons. The first-order valence-corrected chi connectivity index (χ1v) is 11.2. The summed E-state index contributed by atoms with van der Waals surface area (Å²) in [4.78, 5) is 4.10. The topological polar surface area (TPSA) is 57.4 Å². The highest BCUT2D eigenvalue weighted by Gasteiger charge is 2.36. The quantitative estimate of drug-likeness (QED) is 0.724. The minimum absolute atomic E-state index is 0.186. The summed E-state index contributed by atoms with van der Waals surface area (Å²) in [6.45, 7) is 0.756. The van der Waals surface area contributed by atoms with Crippen LogP contribution < -0.4 is 15.2 Å². The molecule has 30 heavy (non-hydrogen) atoms. The highest BCUT2D eigenvalue weighted by Crippen LogP contribution is 2.44. The second-order valence-electron chi connectivity index (χ2n) is 8.64. The van der Waals surface area contributed by atoms with Gasteiger partial charge < -0.3 is 15.2 Å². The number of nitrogens with zero attached hydrogens (tertiary/aromatic N) is 1. The third-order valence-corrected chi connectivity index (χ3v) is 6.73. The molecular weight excluding hydrogens is 372 g/mol. The van der Waals surface area contributed by atoms with E-state index in [4.69, 9.17) is 15.2 Å². The first kappa shape index (κ1) is 20.8. The third kappa shape index (κ3) is 4.63. The Morgan fingerprint density at radius 3 is 2.43 bits per heavy atom. The van der Waals surface area contributed by atoms with Crippen LogP contribution in [0.15, 0.2) is 42.7 Å². The number of rotatable bonds is 5. The fourth-order valence-corrected chi connectivity index (χ4v) is 4.77. The summed E-state index contributed by atoms with van der Waals surface area (Å²) in [6.07, 6.45) is 12.9. The van der Waals surface area contributed by atoms with Crippen LogP contribution in [0.1, 0.15) is 62.5 Å². The zero-order valence-electron chi connectivity index (χ0n) is 17.9. The van der Waals surface area contributed by atoms with Crippen molar-refractivity contribution in [3.8, 4) is 23.3 Å². The average Bonchev–Trinajstić information content (AvgIpc) is 3.32. The van der Waals surface area contributed by atoms with Crippen LogP contribution in [-0.4, -0.2) is 24.7 Å². The Morgan fingerprint density at radius 2 is 1.77 bits per heavy atom. The summed E-state index contributed by atoms with van der Waals surface area (Å²) in [5.41, 5.74) is 8.01. The highest BCUT2D eigenvalue weighted by molar-refractivity contribution is 5.49. The predicted molar refractivity (Wildman–Crippen MR) is 120 cm³/mol. The standard InChI is InChI=1S/C26H32N2O2/c1-29-24-7-6-22(18-25(24)30-23-4-2-3-5-23)26(14-9-21(19-27)10-15-26)13-8-20-11-16-28-17-12-20/h6-7,11-12,16-18,21,23H,2-5,9-10,14-15,19,27H2,1H3. The molecule has 0 aliphatic heterocycles. The number of pyridine rings is 1. The van der Waals surface area contributed by atoms with E-state index in [9.17, 15) is 0 Å². The van der Waals surface area contributed by atoms with E-state index in [-0.39, 0.29) is 5.41 Å². The van der Waals surface area contributed by atoms with Gasteiger partial charge in [0.25, 0.3) is 0 Å². The van der Waals surface area contributed by atoms with Crippen LogP contribution in [0, 0.1) is 17.8 Å². The van der Waals surface area contributed by atoms with Crippen molar-refractivity contribution >= 4 is 0 Å². The number of hydrogen-bond acceptors (Lipinski definition) is 4. The molecule has 2 aromatic rings. The van der Waals surface area contributed by atoms with Gasteiger partial charge in [-0.2, -0.15) is 0 Å². The smallest absolute Gasteiger partial charge is 0.161 e. The van der Waals surface area contributed by atoms with Crippen molar-refractivity contribution in [3.63, 3.8) is 0 Å². The number of ether oxygens (including phenoxy) is 2. The SMILES string of the molecule is COc1ccc(C2(C#Cc3ccncc3)CCC(CN)CC2)cc1OC1CCCC1. The van der Waals surface area contributed by atoms with Gasteiger partial charge in [-0.3, -0.25) is 4.98 Å². The van der Waals surface area contributed by atoms with Crippen molar-refractivity contribution < 1.29 is 9.47 Å². The fourth-order valence-electron chi connectivity index (χ4n) is 4.77. The Hall–Kier alpha value is -2.51. The van der Waals surface area contributed by atoms with Crippen molar-refractivity contribution in [2.45, 2.75) is 62.9 Å². The van der Waals surface area contributed by atoms with Crippen LogP contribution in [0.2, 0.25) is 0 Å². The molecule has 2 fully saturated rings. The lowest BCUT2D eigenvalue weighted by Crippen LogP contribution is -2.33. The second kappa shape index (κ2) is 9.53. The molecule has 0 radical (unpaired) electrons. The number of nitrogens with two attached hydrogens (primary N) is 1. The molecule has 0 saturated heterocycles. The monoisotopic (exact) mass is 404 g/mol. The van der Waals surface area contributed by atoms with Crippen molar-refractivity contribution in [2.75, 3.05) is 13.7 Å². The molecule has 4 rings (SSSR count). The van der Waals surface area contributed by atoms with E-state index in [0.29, 0.717) is 12.0 Å². The van der Waals surface area contributed by atoms with E-state index in [1.165, 1.54) is 18.4 Å². The number of benzene rings is 1. The van der Waals surface area contributed by atoms with Gasteiger partial charge in [-0.05, 0) is 93.7 Å². The Balaban J connectivity index is 1.69. The highest BCUT2D eigenvalue weighted by atomic mass is 16.5. The zero-order valence-corrected chi connectivity index (χ0v) is 17.9. The molecule has 1 aromatic carbocycles. The van der Waals surface area contributed by atoms with Crippen LogP contribution in [0.5, 0.6) is 11.5 Å². The van der Waals surface area contributed by atoms with Gasteiger partial charge >= 0.3 is 0 Å². The Morgan fingerprint density at radius 1 is 1.03 bits per heavy atom. The molecule has 2 saturated carbocycles. The molecule has 0 amide bonds. The number of methoxy groups -OCH3 is 1. The maximum atomic E-state index is 6.38. The largest absolute Gasteiger partial charge is 0.493 e. The number of hydrogen-bond donors (Lipinski definition) is 1. The predicted octanol–water partition coefficient (Wildman–Crippen LogP) is 4.85. The van der Waals surface area contributed by atoms with Crippen LogP contribution in [0.4, 0.5) is 0 Å². The lowest BCUT2D eigenvalue weighted by atomic mass is 9.67. The van der Waals surface area contributed by atoms with Gasteiger partial charge in [0.1, 0.15) is 0 Å². The van der Waals surface area contributed by atoms with Crippen molar-refractivity contribution in [3.05, 3.63) is 53.9 Å². The first-order valence-electron chi connectivity index (χ1n) is 11.2. The summed E-state index contributed by atoms with van der Waals surface area (Å²) in [5.74, 6) is 9.32. The average molecular weight is 405 g/mol. The maximum Gasteiger partial charge on any atom is 0.161 e. The molecule has 2 aliphatic rings. The first-order chi connectivity index (χ1) is 14.7. The van der Waals surface area contributed by atoms with E-state index < -0.39 is 0 Å². The van der Waals surface area contributed by atoms with Crippen molar-refractivity contribution in [1.29, 1.82) is 0 Å². The van der Waals surface area contributed by atoms with Gasteiger partial charge in [-0.25, -0.2) is 0 Å². The fraction of sp³-hybridized carbons (Fsp3) is 0.500. The summed E-state index contributed by atoms with van der Waals surface area (Å²) in [6, 6.07) is 10.3. The summed E-state index contributed by atoms with van der Waals surface area (Å²) < 4.78 is 12.0. The summed E-state index contributed by atoms with van der Waals surface area (Å²) in [7, 11) is 1.71. The molecular formula is C26H32N2O2.